The molecule has 8 heteroatoms. The standard InChI is InChI=1S/C12H7Br2N3O3/c13-7-4-5-8(10(6-7)17(19)20)16-12(18)9-2-1-3-11(14)15-9/h1-6H,(H,16,18). The monoisotopic (exact) mass is 399 g/mol. The second kappa shape index (κ2) is 6.10. The smallest absolute Gasteiger partial charge is 0.293 e. The van der Waals surface area contributed by atoms with Gasteiger partial charge in [-0.1, -0.05) is 22.0 Å². The molecule has 1 aromatic carbocycles. The van der Waals surface area contributed by atoms with Crippen LogP contribution in [0.15, 0.2) is 45.5 Å². The van der Waals surface area contributed by atoms with Gasteiger partial charge >= 0.3 is 0 Å². The predicted molar refractivity (Wildman–Crippen MR) is 80.7 cm³/mol. The fourth-order valence-electron chi connectivity index (χ4n) is 1.48. The van der Waals surface area contributed by atoms with E-state index in [9.17, 15) is 14.9 Å². The molecule has 1 amide bonds. The SMILES string of the molecule is O=C(Nc1ccc(Br)cc1[N+](=O)[O-])c1cccc(Br)n1. The number of amides is 1. The maximum atomic E-state index is 12.0. The number of anilines is 1. The molecule has 2 aromatic rings. The van der Waals surface area contributed by atoms with Crippen LogP contribution in [0.25, 0.3) is 0 Å². The first-order valence-electron chi connectivity index (χ1n) is 5.35. The molecule has 0 saturated heterocycles. The Balaban J connectivity index is 2.30. The van der Waals surface area contributed by atoms with Crippen LogP contribution in [0.1, 0.15) is 10.5 Å². The fourth-order valence-corrected chi connectivity index (χ4v) is 2.18. The minimum atomic E-state index is -0.561. The quantitative estimate of drug-likeness (QED) is 0.482. The average molecular weight is 401 g/mol. The third-order valence-electron chi connectivity index (χ3n) is 2.35. The Morgan fingerprint density at radius 3 is 2.65 bits per heavy atom. The molecule has 0 aliphatic heterocycles. The second-order valence-corrected chi connectivity index (χ2v) is 5.45. The summed E-state index contributed by atoms with van der Waals surface area (Å²) in [5.41, 5.74) is 0.0873. The van der Waals surface area contributed by atoms with Gasteiger partial charge in [-0.3, -0.25) is 14.9 Å². The highest BCUT2D eigenvalue weighted by Gasteiger charge is 2.17. The van der Waals surface area contributed by atoms with E-state index in [2.05, 4.69) is 42.2 Å². The van der Waals surface area contributed by atoms with E-state index in [1.807, 2.05) is 0 Å². The zero-order chi connectivity index (χ0) is 14.7. The number of nitrogens with one attached hydrogen (secondary N) is 1. The van der Waals surface area contributed by atoms with Crippen molar-refractivity contribution in [1.82, 2.24) is 4.98 Å². The minimum Gasteiger partial charge on any atom is -0.315 e. The molecule has 2 rings (SSSR count). The maximum absolute atomic E-state index is 12.0. The number of benzene rings is 1. The van der Waals surface area contributed by atoms with Crippen molar-refractivity contribution in [2.75, 3.05) is 5.32 Å². The lowest BCUT2D eigenvalue weighted by atomic mass is 10.2. The summed E-state index contributed by atoms with van der Waals surface area (Å²) in [7, 11) is 0. The van der Waals surface area contributed by atoms with E-state index < -0.39 is 10.8 Å². The number of nitro groups is 1. The van der Waals surface area contributed by atoms with Crippen molar-refractivity contribution in [3.05, 3.63) is 61.3 Å². The number of pyridine rings is 1. The molecule has 0 saturated carbocycles. The van der Waals surface area contributed by atoms with Gasteiger partial charge in [0.05, 0.1) is 4.92 Å². The highest BCUT2D eigenvalue weighted by atomic mass is 79.9. The Morgan fingerprint density at radius 2 is 2.00 bits per heavy atom. The number of aromatic nitrogens is 1. The molecule has 0 radical (unpaired) electrons. The summed E-state index contributed by atoms with van der Waals surface area (Å²) in [5.74, 6) is -0.517. The first-order valence-corrected chi connectivity index (χ1v) is 6.94. The van der Waals surface area contributed by atoms with Gasteiger partial charge in [0.25, 0.3) is 11.6 Å². The lowest BCUT2D eigenvalue weighted by Gasteiger charge is -2.06. The summed E-state index contributed by atoms with van der Waals surface area (Å²) in [4.78, 5) is 26.4. The number of rotatable bonds is 3. The summed E-state index contributed by atoms with van der Waals surface area (Å²) in [5, 5.41) is 13.4. The van der Waals surface area contributed by atoms with Gasteiger partial charge in [-0.25, -0.2) is 4.98 Å². The molecule has 0 aliphatic rings. The topological polar surface area (TPSA) is 85.1 Å². The largest absolute Gasteiger partial charge is 0.315 e. The van der Waals surface area contributed by atoms with E-state index in [1.54, 1.807) is 18.2 Å². The zero-order valence-corrected chi connectivity index (χ0v) is 13.0. The van der Waals surface area contributed by atoms with Gasteiger partial charge < -0.3 is 5.32 Å². The highest BCUT2D eigenvalue weighted by molar-refractivity contribution is 9.10. The van der Waals surface area contributed by atoms with Crippen molar-refractivity contribution < 1.29 is 9.72 Å². The van der Waals surface area contributed by atoms with Gasteiger partial charge in [0.2, 0.25) is 0 Å². The van der Waals surface area contributed by atoms with E-state index >= 15 is 0 Å². The van der Waals surface area contributed by atoms with Crippen molar-refractivity contribution in [1.29, 1.82) is 0 Å². The molecule has 20 heavy (non-hydrogen) atoms. The van der Waals surface area contributed by atoms with Crippen LogP contribution < -0.4 is 5.32 Å². The number of hydrogen-bond acceptors (Lipinski definition) is 4. The molecule has 102 valence electrons. The summed E-state index contributed by atoms with van der Waals surface area (Å²) >= 11 is 6.31. The van der Waals surface area contributed by atoms with Crippen LogP contribution in [0.5, 0.6) is 0 Å². The van der Waals surface area contributed by atoms with Crippen LogP contribution >= 0.6 is 31.9 Å². The summed E-state index contributed by atoms with van der Waals surface area (Å²) < 4.78 is 1.07. The molecule has 0 unspecified atom stereocenters. The molecule has 0 fully saturated rings. The van der Waals surface area contributed by atoms with Gasteiger partial charge in [0.1, 0.15) is 16.0 Å². The zero-order valence-electron chi connectivity index (χ0n) is 9.84. The molecular weight excluding hydrogens is 394 g/mol. The Bertz CT molecular complexity index is 691. The van der Waals surface area contributed by atoms with Crippen LogP contribution in [-0.4, -0.2) is 15.8 Å². The second-order valence-electron chi connectivity index (χ2n) is 3.72. The van der Waals surface area contributed by atoms with E-state index in [-0.39, 0.29) is 17.1 Å². The van der Waals surface area contributed by atoms with Crippen LogP contribution in [0.3, 0.4) is 0 Å². The van der Waals surface area contributed by atoms with Gasteiger partial charge in [0.15, 0.2) is 0 Å². The maximum Gasteiger partial charge on any atom is 0.293 e. The Labute approximate surface area is 130 Å². The van der Waals surface area contributed by atoms with Crippen LogP contribution in [0.2, 0.25) is 0 Å². The predicted octanol–water partition coefficient (Wildman–Crippen LogP) is 3.77. The minimum absolute atomic E-state index is 0.116. The Morgan fingerprint density at radius 1 is 1.25 bits per heavy atom. The van der Waals surface area contributed by atoms with Crippen molar-refractivity contribution >= 4 is 49.1 Å². The number of halogens is 2. The summed E-state index contributed by atoms with van der Waals surface area (Å²) in [6, 6.07) is 9.24. The molecule has 0 atom stereocenters. The molecule has 1 aromatic heterocycles. The summed E-state index contributed by atoms with van der Waals surface area (Å²) in [6.07, 6.45) is 0. The molecule has 1 heterocycles. The van der Waals surface area contributed by atoms with Gasteiger partial charge in [-0.05, 0) is 40.2 Å². The van der Waals surface area contributed by atoms with E-state index in [0.29, 0.717) is 9.08 Å². The number of carbonyl (C=O) groups is 1. The Hall–Kier alpha value is -1.80. The molecule has 1 N–H and O–H groups in total. The third kappa shape index (κ3) is 3.40. The van der Waals surface area contributed by atoms with E-state index in [1.165, 1.54) is 18.2 Å². The molecule has 0 aliphatic carbocycles. The molecule has 6 nitrogen and oxygen atoms in total. The number of nitro benzene ring substituents is 1. The average Bonchev–Trinajstić information content (AvgIpc) is 2.40. The normalized spacial score (nSPS) is 10.1. The van der Waals surface area contributed by atoms with Crippen molar-refractivity contribution in [2.45, 2.75) is 0 Å². The van der Waals surface area contributed by atoms with Crippen molar-refractivity contribution in [3.63, 3.8) is 0 Å². The van der Waals surface area contributed by atoms with E-state index in [0.717, 1.165) is 0 Å². The van der Waals surface area contributed by atoms with Crippen molar-refractivity contribution in [2.24, 2.45) is 0 Å². The molecular formula is C12H7Br2N3O3. The Kier molecular flexibility index (Phi) is 4.46. The first-order chi connectivity index (χ1) is 9.47. The molecule has 0 bridgehead atoms. The fraction of sp³-hybridized carbons (Fsp3) is 0. The van der Waals surface area contributed by atoms with E-state index in [4.69, 9.17) is 0 Å². The van der Waals surface area contributed by atoms with Gasteiger partial charge in [-0.2, -0.15) is 0 Å². The lowest BCUT2D eigenvalue weighted by molar-refractivity contribution is -0.384. The summed E-state index contributed by atoms with van der Waals surface area (Å²) in [6.45, 7) is 0. The third-order valence-corrected chi connectivity index (χ3v) is 3.29. The highest BCUT2D eigenvalue weighted by Crippen LogP contribution is 2.28. The van der Waals surface area contributed by atoms with Gasteiger partial charge in [-0.15, -0.1) is 0 Å². The molecule has 0 spiro atoms. The van der Waals surface area contributed by atoms with Crippen LogP contribution in [0.4, 0.5) is 11.4 Å². The lowest BCUT2D eigenvalue weighted by Crippen LogP contribution is -2.14. The van der Waals surface area contributed by atoms with Crippen LogP contribution in [-0.2, 0) is 0 Å². The number of nitrogens with zero attached hydrogens (tertiary/aromatic N) is 2. The first kappa shape index (κ1) is 14.6. The van der Waals surface area contributed by atoms with Gasteiger partial charge in [0, 0.05) is 10.5 Å². The number of hydrogen-bond donors (Lipinski definition) is 1. The van der Waals surface area contributed by atoms with Crippen LogP contribution in [0, 0.1) is 10.1 Å². The number of carbonyl (C=O) groups excluding carboxylic acids is 1. The van der Waals surface area contributed by atoms with Crippen molar-refractivity contribution in [3.8, 4) is 0 Å².